The maximum Gasteiger partial charge on any atom is 0.330 e. The number of fused-ring (bicyclic) bond motifs is 5. The standard InChI is InChI=1S/C23H36O2/c1-4-25-21(24)15-17-9-11-19-18-10-8-16-7-5-6-13-22(16,2)20(18)12-14-23(17,19)3/h15-16,18-20H,4-14H2,1-3H3/b17-15-/t16-,18+,19+,20+,22-,23+/m0/s1. The first kappa shape index (κ1) is 17.6. The van der Waals surface area contributed by atoms with E-state index in [0.29, 0.717) is 12.0 Å². The highest BCUT2D eigenvalue weighted by Crippen LogP contribution is 2.67. The molecular weight excluding hydrogens is 308 g/mol. The van der Waals surface area contributed by atoms with Crippen LogP contribution in [-0.2, 0) is 9.53 Å². The van der Waals surface area contributed by atoms with Gasteiger partial charge in [0.2, 0.25) is 0 Å². The van der Waals surface area contributed by atoms with E-state index in [0.717, 1.165) is 30.1 Å². The number of rotatable bonds is 2. The molecule has 25 heavy (non-hydrogen) atoms. The lowest BCUT2D eigenvalue weighted by molar-refractivity contribution is -0.137. The third-order valence-corrected chi connectivity index (χ3v) is 9.01. The van der Waals surface area contributed by atoms with E-state index in [1.165, 1.54) is 63.4 Å². The van der Waals surface area contributed by atoms with E-state index in [1.54, 1.807) is 0 Å². The zero-order valence-corrected chi connectivity index (χ0v) is 16.5. The van der Waals surface area contributed by atoms with Crippen LogP contribution in [0.2, 0.25) is 0 Å². The summed E-state index contributed by atoms with van der Waals surface area (Å²) in [5, 5.41) is 0. The van der Waals surface area contributed by atoms with Crippen molar-refractivity contribution in [2.75, 3.05) is 6.61 Å². The van der Waals surface area contributed by atoms with Crippen LogP contribution in [0, 0.1) is 34.5 Å². The number of ether oxygens (including phenoxy) is 1. The quantitative estimate of drug-likeness (QED) is 0.460. The first-order chi connectivity index (χ1) is 12.0. The molecule has 0 aliphatic heterocycles. The molecule has 0 bridgehead atoms. The maximum absolute atomic E-state index is 12.0. The first-order valence-corrected chi connectivity index (χ1v) is 10.9. The SMILES string of the molecule is CCOC(=O)/C=C1/CC[C@@H]2[C@H]3CC[C@@H]4CCCC[C@]4(C)[C@@H]3CC[C@]12C. The Bertz CT molecular complexity index is 564. The summed E-state index contributed by atoms with van der Waals surface area (Å²) in [5.41, 5.74) is 2.26. The van der Waals surface area contributed by atoms with E-state index in [9.17, 15) is 4.79 Å². The minimum Gasteiger partial charge on any atom is -0.463 e. The summed E-state index contributed by atoms with van der Waals surface area (Å²) in [7, 11) is 0. The molecule has 0 unspecified atom stereocenters. The summed E-state index contributed by atoms with van der Waals surface area (Å²) in [4.78, 5) is 12.0. The summed E-state index contributed by atoms with van der Waals surface area (Å²) >= 11 is 0. The fourth-order valence-electron chi connectivity index (χ4n) is 7.71. The van der Waals surface area contributed by atoms with Gasteiger partial charge in [-0.05, 0) is 92.8 Å². The fourth-order valence-corrected chi connectivity index (χ4v) is 7.71. The van der Waals surface area contributed by atoms with Gasteiger partial charge in [0.05, 0.1) is 6.61 Å². The van der Waals surface area contributed by atoms with Gasteiger partial charge in [0, 0.05) is 6.08 Å². The predicted molar refractivity (Wildman–Crippen MR) is 101 cm³/mol. The summed E-state index contributed by atoms with van der Waals surface area (Å²) in [6, 6.07) is 0. The summed E-state index contributed by atoms with van der Waals surface area (Å²) < 4.78 is 5.21. The molecule has 0 aromatic rings. The highest BCUT2D eigenvalue weighted by molar-refractivity contribution is 5.83. The Morgan fingerprint density at radius 1 is 1.08 bits per heavy atom. The molecule has 4 fully saturated rings. The smallest absolute Gasteiger partial charge is 0.330 e. The molecular formula is C23H36O2. The van der Waals surface area contributed by atoms with Crippen LogP contribution in [0.1, 0.15) is 85.0 Å². The Morgan fingerprint density at radius 3 is 2.72 bits per heavy atom. The molecule has 0 heterocycles. The topological polar surface area (TPSA) is 26.3 Å². The van der Waals surface area contributed by atoms with E-state index in [-0.39, 0.29) is 11.4 Å². The molecule has 2 heteroatoms. The highest BCUT2D eigenvalue weighted by atomic mass is 16.5. The van der Waals surface area contributed by atoms with Crippen molar-refractivity contribution in [2.24, 2.45) is 34.5 Å². The van der Waals surface area contributed by atoms with Crippen LogP contribution >= 0.6 is 0 Å². The first-order valence-electron chi connectivity index (χ1n) is 10.9. The number of esters is 1. The van der Waals surface area contributed by atoms with E-state index in [2.05, 4.69) is 13.8 Å². The van der Waals surface area contributed by atoms with Crippen molar-refractivity contribution in [3.8, 4) is 0 Å². The van der Waals surface area contributed by atoms with Gasteiger partial charge in [0.1, 0.15) is 0 Å². The van der Waals surface area contributed by atoms with Crippen LogP contribution in [-0.4, -0.2) is 12.6 Å². The van der Waals surface area contributed by atoms with Gasteiger partial charge in [0.15, 0.2) is 0 Å². The Labute approximate surface area is 153 Å². The minimum atomic E-state index is -0.121. The van der Waals surface area contributed by atoms with Crippen LogP contribution in [0.3, 0.4) is 0 Å². The van der Waals surface area contributed by atoms with E-state index >= 15 is 0 Å². The Morgan fingerprint density at radius 2 is 1.92 bits per heavy atom. The summed E-state index contributed by atoms with van der Waals surface area (Å²) in [5.74, 6) is 3.50. The third kappa shape index (κ3) is 2.70. The average Bonchev–Trinajstić information content (AvgIpc) is 2.91. The lowest BCUT2D eigenvalue weighted by atomic mass is 9.45. The lowest BCUT2D eigenvalue weighted by Gasteiger charge is -2.60. The van der Waals surface area contributed by atoms with Crippen molar-refractivity contribution < 1.29 is 9.53 Å². The van der Waals surface area contributed by atoms with Crippen LogP contribution in [0.5, 0.6) is 0 Å². The van der Waals surface area contributed by atoms with E-state index in [1.807, 2.05) is 13.0 Å². The van der Waals surface area contributed by atoms with Crippen molar-refractivity contribution in [1.82, 2.24) is 0 Å². The lowest BCUT2D eigenvalue weighted by Crippen LogP contribution is -2.52. The van der Waals surface area contributed by atoms with Gasteiger partial charge in [-0.2, -0.15) is 0 Å². The van der Waals surface area contributed by atoms with Gasteiger partial charge in [0.25, 0.3) is 0 Å². The van der Waals surface area contributed by atoms with Gasteiger partial charge in [-0.15, -0.1) is 0 Å². The number of allylic oxidation sites excluding steroid dienone is 1. The molecule has 0 spiro atoms. The van der Waals surface area contributed by atoms with Crippen molar-refractivity contribution in [3.63, 3.8) is 0 Å². The molecule has 4 aliphatic rings. The molecule has 4 saturated carbocycles. The highest BCUT2D eigenvalue weighted by Gasteiger charge is 2.58. The van der Waals surface area contributed by atoms with Crippen molar-refractivity contribution >= 4 is 5.97 Å². The molecule has 6 atom stereocenters. The molecule has 4 rings (SSSR count). The molecule has 4 aliphatic carbocycles. The average molecular weight is 345 g/mol. The second-order valence-corrected chi connectivity index (χ2v) is 9.82. The molecule has 0 saturated heterocycles. The largest absolute Gasteiger partial charge is 0.463 e. The minimum absolute atomic E-state index is 0.121. The van der Waals surface area contributed by atoms with Crippen LogP contribution in [0.15, 0.2) is 11.6 Å². The molecule has 140 valence electrons. The Balaban J connectivity index is 1.58. The Hall–Kier alpha value is -0.790. The monoisotopic (exact) mass is 344 g/mol. The van der Waals surface area contributed by atoms with Gasteiger partial charge in [-0.1, -0.05) is 32.3 Å². The van der Waals surface area contributed by atoms with Gasteiger partial charge < -0.3 is 4.74 Å². The molecule has 0 aromatic heterocycles. The molecule has 0 amide bonds. The number of carbonyl (C=O) groups is 1. The van der Waals surface area contributed by atoms with E-state index in [4.69, 9.17) is 4.74 Å². The van der Waals surface area contributed by atoms with Crippen LogP contribution in [0.4, 0.5) is 0 Å². The van der Waals surface area contributed by atoms with Crippen LogP contribution < -0.4 is 0 Å². The van der Waals surface area contributed by atoms with Gasteiger partial charge in [-0.3, -0.25) is 0 Å². The summed E-state index contributed by atoms with van der Waals surface area (Å²) in [6.07, 6.45) is 15.7. The Kier molecular flexibility index (Phi) is 4.53. The number of hydrogen-bond acceptors (Lipinski definition) is 2. The maximum atomic E-state index is 12.0. The molecule has 0 N–H and O–H groups in total. The molecule has 2 nitrogen and oxygen atoms in total. The van der Waals surface area contributed by atoms with E-state index < -0.39 is 0 Å². The van der Waals surface area contributed by atoms with Crippen molar-refractivity contribution in [1.29, 1.82) is 0 Å². The van der Waals surface area contributed by atoms with Crippen molar-refractivity contribution in [3.05, 3.63) is 11.6 Å². The predicted octanol–water partition coefficient (Wildman–Crippen LogP) is 5.91. The van der Waals surface area contributed by atoms with Crippen LogP contribution in [0.25, 0.3) is 0 Å². The molecule has 0 radical (unpaired) electrons. The zero-order chi connectivity index (χ0) is 17.7. The number of carbonyl (C=O) groups excluding carboxylic acids is 1. The second kappa shape index (κ2) is 6.43. The van der Waals surface area contributed by atoms with Gasteiger partial charge >= 0.3 is 5.97 Å². The van der Waals surface area contributed by atoms with Gasteiger partial charge in [-0.25, -0.2) is 4.79 Å². The number of hydrogen-bond donors (Lipinski definition) is 0. The van der Waals surface area contributed by atoms with Crippen molar-refractivity contribution in [2.45, 2.75) is 85.0 Å². The molecule has 0 aromatic carbocycles. The normalized spacial score (nSPS) is 47.7. The second-order valence-electron chi connectivity index (χ2n) is 9.82. The zero-order valence-electron chi connectivity index (χ0n) is 16.5. The fraction of sp³-hybridized carbons (Fsp3) is 0.870. The third-order valence-electron chi connectivity index (χ3n) is 9.01. The summed E-state index contributed by atoms with van der Waals surface area (Å²) in [6.45, 7) is 7.47.